The number of aliphatic carboxylic acids is 1. The third-order valence-corrected chi connectivity index (χ3v) is 5.44. The SMILES string of the molecule is Cl.N[C@H](C(=O)O)C(Cc1ccccc1)c1ccc(-c2ccc3ccccc3c2)cc1. The Bertz CT molecular complexity index is 1130. The maximum atomic E-state index is 11.6. The van der Waals surface area contributed by atoms with E-state index in [2.05, 4.69) is 30.3 Å². The van der Waals surface area contributed by atoms with Crippen LogP contribution in [0.2, 0.25) is 0 Å². The molecule has 4 heteroatoms. The van der Waals surface area contributed by atoms with E-state index >= 15 is 0 Å². The number of hydrogen-bond acceptors (Lipinski definition) is 2. The fourth-order valence-electron chi connectivity index (χ4n) is 3.78. The molecular weight excluding hydrogens is 394 g/mol. The average Bonchev–Trinajstić information content (AvgIpc) is 2.77. The summed E-state index contributed by atoms with van der Waals surface area (Å²) in [6.07, 6.45) is 0.587. The van der Waals surface area contributed by atoms with Gasteiger partial charge >= 0.3 is 5.97 Å². The van der Waals surface area contributed by atoms with Gasteiger partial charge in [-0.25, -0.2) is 0 Å². The fraction of sp³-hybridized carbons (Fsp3) is 0.115. The van der Waals surface area contributed by atoms with Crippen LogP contribution in [0.25, 0.3) is 21.9 Å². The molecule has 0 spiro atoms. The number of fused-ring (bicyclic) bond motifs is 1. The molecule has 0 radical (unpaired) electrons. The number of hydrogen-bond donors (Lipinski definition) is 2. The summed E-state index contributed by atoms with van der Waals surface area (Å²) in [5, 5.41) is 11.9. The second-order valence-electron chi connectivity index (χ2n) is 7.34. The van der Waals surface area contributed by atoms with Crippen molar-refractivity contribution in [2.24, 2.45) is 5.73 Å². The summed E-state index contributed by atoms with van der Waals surface area (Å²) in [5.74, 6) is -1.27. The summed E-state index contributed by atoms with van der Waals surface area (Å²) in [7, 11) is 0. The molecule has 0 amide bonds. The van der Waals surface area contributed by atoms with Crippen LogP contribution in [0.4, 0.5) is 0 Å². The van der Waals surface area contributed by atoms with Crippen LogP contribution in [-0.4, -0.2) is 17.1 Å². The first-order valence-corrected chi connectivity index (χ1v) is 9.73. The van der Waals surface area contributed by atoms with Gasteiger partial charge in [0.2, 0.25) is 0 Å². The van der Waals surface area contributed by atoms with Crippen molar-refractivity contribution in [3.8, 4) is 11.1 Å². The highest BCUT2D eigenvalue weighted by molar-refractivity contribution is 5.87. The molecule has 30 heavy (non-hydrogen) atoms. The molecule has 0 saturated carbocycles. The maximum Gasteiger partial charge on any atom is 0.321 e. The van der Waals surface area contributed by atoms with Crippen molar-refractivity contribution < 1.29 is 9.90 Å². The molecule has 0 aliphatic heterocycles. The highest BCUT2D eigenvalue weighted by atomic mass is 35.5. The lowest BCUT2D eigenvalue weighted by molar-refractivity contribution is -0.139. The van der Waals surface area contributed by atoms with E-state index < -0.39 is 12.0 Å². The molecule has 0 aliphatic carbocycles. The van der Waals surface area contributed by atoms with Gasteiger partial charge in [-0.2, -0.15) is 0 Å². The molecule has 0 heterocycles. The van der Waals surface area contributed by atoms with Gasteiger partial charge in [0, 0.05) is 5.92 Å². The number of halogens is 1. The molecule has 4 aromatic rings. The molecular formula is C26H24ClNO2. The second kappa shape index (κ2) is 9.57. The zero-order valence-corrected chi connectivity index (χ0v) is 17.3. The van der Waals surface area contributed by atoms with Gasteiger partial charge in [0.25, 0.3) is 0 Å². The minimum absolute atomic E-state index is 0. The van der Waals surface area contributed by atoms with Crippen molar-refractivity contribution in [2.45, 2.75) is 18.4 Å². The predicted octanol–water partition coefficient (Wildman–Crippen LogP) is 5.67. The van der Waals surface area contributed by atoms with Gasteiger partial charge in [0.1, 0.15) is 6.04 Å². The lowest BCUT2D eigenvalue weighted by atomic mass is 9.85. The Morgan fingerprint density at radius 1 is 0.767 bits per heavy atom. The Morgan fingerprint density at radius 2 is 1.37 bits per heavy atom. The Hall–Kier alpha value is -3.14. The van der Waals surface area contributed by atoms with Crippen molar-refractivity contribution in [1.82, 2.24) is 0 Å². The molecule has 1 unspecified atom stereocenters. The summed E-state index contributed by atoms with van der Waals surface area (Å²) in [6.45, 7) is 0. The molecule has 152 valence electrons. The first kappa shape index (κ1) is 21.6. The first-order chi connectivity index (χ1) is 14.1. The van der Waals surface area contributed by atoms with Crippen molar-refractivity contribution >= 4 is 29.1 Å². The van der Waals surface area contributed by atoms with Crippen LogP contribution in [0.1, 0.15) is 17.0 Å². The minimum Gasteiger partial charge on any atom is -0.480 e. The lowest BCUT2D eigenvalue weighted by Crippen LogP contribution is -2.37. The summed E-state index contributed by atoms with van der Waals surface area (Å²) < 4.78 is 0. The zero-order chi connectivity index (χ0) is 20.2. The number of carboxylic acids is 1. The van der Waals surface area contributed by atoms with E-state index in [1.54, 1.807) is 0 Å². The largest absolute Gasteiger partial charge is 0.480 e. The normalized spacial score (nSPS) is 12.7. The Kier molecular flexibility index (Phi) is 6.88. The van der Waals surface area contributed by atoms with Gasteiger partial charge in [0.05, 0.1) is 0 Å². The van der Waals surface area contributed by atoms with E-state index in [1.807, 2.05) is 66.7 Å². The van der Waals surface area contributed by atoms with Crippen LogP contribution in [0.3, 0.4) is 0 Å². The number of rotatable bonds is 6. The average molecular weight is 418 g/mol. The predicted molar refractivity (Wildman–Crippen MR) is 125 cm³/mol. The molecule has 0 saturated heterocycles. The van der Waals surface area contributed by atoms with Gasteiger partial charge < -0.3 is 10.8 Å². The number of carboxylic acid groups (broad SMARTS) is 1. The van der Waals surface area contributed by atoms with Gasteiger partial charge in [-0.3, -0.25) is 4.79 Å². The van der Waals surface area contributed by atoms with Crippen molar-refractivity contribution in [3.05, 3.63) is 108 Å². The van der Waals surface area contributed by atoms with Gasteiger partial charge in [-0.1, -0.05) is 91.0 Å². The molecule has 4 aromatic carbocycles. The van der Waals surface area contributed by atoms with Crippen LogP contribution in [0.5, 0.6) is 0 Å². The molecule has 0 aliphatic rings. The van der Waals surface area contributed by atoms with Gasteiger partial charge in [0.15, 0.2) is 0 Å². The molecule has 0 bridgehead atoms. The molecule has 0 fully saturated rings. The number of nitrogens with two attached hydrogens (primary N) is 1. The fourth-order valence-corrected chi connectivity index (χ4v) is 3.78. The smallest absolute Gasteiger partial charge is 0.321 e. The summed E-state index contributed by atoms with van der Waals surface area (Å²) in [5.41, 5.74) is 10.3. The van der Waals surface area contributed by atoms with Crippen molar-refractivity contribution in [2.75, 3.05) is 0 Å². The third kappa shape index (κ3) is 4.70. The molecule has 3 nitrogen and oxygen atoms in total. The number of carbonyl (C=O) groups is 1. The highest BCUT2D eigenvalue weighted by Gasteiger charge is 2.26. The van der Waals surface area contributed by atoms with Gasteiger partial charge in [-0.15, -0.1) is 12.4 Å². The van der Waals surface area contributed by atoms with Gasteiger partial charge in [-0.05, 0) is 45.5 Å². The summed E-state index contributed by atoms with van der Waals surface area (Å²) in [4.78, 5) is 11.6. The quantitative estimate of drug-likeness (QED) is 0.425. The van der Waals surface area contributed by atoms with E-state index in [0.29, 0.717) is 6.42 Å². The first-order valence-electron chi connectivity index (χ1n) is 9.73. The molecule has 2 atom stereocenters. The molecule has 3 N–H and O–H groups in total. The summed E-state index contributed by atoms with van der Waals surface area (Å²) >= 11 is 0. The van der Waals surface area contributed by atoms with Crippen LogP contribution in [0.15, 0.2) is 97.1 Å². The second-order valence-corrected chi connectivity index (χ2v) is 7.34. The molecule has 0 aromatic heterocycles. The topological polar surface area (TPSA) is 63.3 Å². The van der Waals surface area contributed by atoms with Crippen LogP contribution in [0, 0.1) is 0 Å². The van der Waals surface area contributed by atoms with Crippen LogP contribution >= 0.6 is 12.4 Å². The van der Waals surface area contributed by atoms with E-state index in [9.17, 15) is 9.90 Å². The van der Waals surface area contributed by atoms with E-state index in [4.69, 9.17) is 5.73 Å². The summed E-state index contributed by atoms with van der Waals surface area (Å²) in [6, 6.07) is 31.7. The Morgan fingerprint density at radius 3 is 2.03 bits per heavy atom. The van der Waals surface area contributed by atoms with E-state index in [-0.39, 0.29) is 18.3 Å². The van der Waals surface area contributed by atoms with E-state index in [1.165, 1.54) is 10.8 Å². The maximum absolute atomic E-state index is 11.6. The third-order valence-electron chi connectivity index (χ3n) is 5.44. The van der Waals surface area contributed by atoms with Crippen molar-refractivity contribution in [3.63, 3.8) is 0 Å². The monoisotopic (exact) mass is 417 g/mol. The highest BCUT2D eigenvalue weighted by Crippen LogP contribution is 2.29. The Labute approximate surface area is 182 Å². The van der Waals surface area contributed by atoms with Crippen molar-refractivity contribution in [1.29, 1.82) is 0 Å². The lowest BCUT2D eigenvalue weighted by Gasteiger charge is -2.22. The standard InChI is InChI=1S/C26H23NO2.ClH/c27-25(26(28)29)24(16-18-6-2-1-3-7-18)21-13-10-20(11-14-21)23-15-12-19-8-4-5-9-22(19)17-23;/h1-15,17,24-25H,16,27H2,(H,28,29);1H/t24?,25-;/m0./s1. The zero-order valence-electron chi connectivity index (χ0n) is 16.4. The van der Waals surface area contributed by atoms with Crippen LogP contribution in [-0.2, 0) is 11.2 Å². The number of benzene rings is 4. The van der Waals surface area contributed by atoms with E-state index in [0.717, 1.165) is 22.3 Å². The van der Waals surface area contributed by atoms with Crippen LogP contribution < -0.4 is 5.73 Å². The molecule has 4 rings (SSSR count). The minimum atomic E-state index is -0.982. The Balaban J connectivity index is 0.00000256.